The van der Waals surface area contributed by atoms with Crippen molar-refractivity contribution in [3.8, 4) is 0 Å². The van der Waals surface area contributed by atoms with Gasteiger partial charge in [0, 0.05) is 25.4 Å². The molecular weight excluding hydrogens is 230 g/mol. The second-order valence-corrected chi connectivity index (χ2v) is 5.29. The molecule has 1 aliphatic heterocycles. The molecule has 1 saturated heterocycles. The normalized spacial score (nSPS) is 35.7. The molecule has 5 heteroatoms. The molecular formula is C12H18F2O3. The van der Waals surface area contributed by atoms with Crippen LogP contribution in [0.25, 0.3) is 0 Å². The molecule has 0 aromatic carbocycles. The molecule has 2 aliphatic rings. The molecule has 3 nitrogen and oxygen atoms in total. The van der Waals surface area contributed by atoms with Crippen LogP contribution in [0.4, 0.5) is 8.78 Å². The van der Waals surface area contributed by atoms with Crippen LogP contribution in [0, 0.1) is 11.3 Å². The van der Waals surface area contributed by atoms with Gasteiger partial charge in [-0.3, -0.25) is 4.79 Å². The standard InChI is InChI=1S/C12H18F2O3/c1-8-9(2-7-17-8)11(10(15)16)3-5-12(13,14)6-4-11/h8-9H,2-7H2,1H3,(H,15,16). The lowest BCUT2D eigenvalue weighted by Gasteiger charge is -2.41. The molecule has 1 heterocycles. The summed E-state index contributed by atoms with van der Waals surface area (Å²) in [6.45, 7) is 2.38. The molecule has 98 valence electrons. The Morgan fingerprint density at radius 3 is 2.29 bits per heavy atom. The van der Waals surface area contributed by atoms with Crippen LogP contribution in [0.3, 0.4) is 0 Å². The van der Waals surface area contributed by atoms with Crippen molar-refractivity contribution in [3.05, 3.63) is 0 Å². The Morgan fingerprint density at radius 2 is 1.88 bits per heavy atom. The molecule has 2 atom stereocenters. The molecule has 0 aromatic heterocycles. The number of hydrogen-bond acceptors (Lipinski definition) is 2. The highest BCUT2D eigenvalue weighted by molar-refractivity contribution is 5.75. The molecule has 0 aromatic rings. The smallest absolute Gasteiger partial charge is 0.310 e. The van der Waals surface area contributed by atoms with Gasteiger partial charge in [-0.2, -0.15) is 0 Å². The van der Waals surface area contributed by atoms with Gasteiger partial charge in [-0.25, -0.2) is 8.78 Å². The zero-order chi connectivity index (χ0) is 12.7. The number of hydrogen-bond donors (Lipinski definition) is 1. The summed E-state index contributed by atoms with van der Waals surface area (Å²) in [5, 5.41) is 9.44. The molecule has 1 aliphatic carbocycles. The van der Waals surface area contributed by atoms with Crippen molar-refractivity contribution in [1.82, 2.24) is 0 Å². The number of aliphatic carboxylic acids is 1. The molecule has 0 radical (unpaired) electrons. The van der Waals surface area contributed by atoms with E-state index < -0.39 is 17.3 Å². The maximum atomic E-state index is 13.2. The Kier molecular flexibility index (Phi) is 3.14. The maximum absolute atomic E-state index is 13.2. The number of carboxylic acid groups (broad SMARTS) is 1. The molecule has 0 spiro atoms. The number of ether oxygens (including phenoxy) is 1. The highest BCUT2D eigenvalue weighted by Gasteiger charge is 2.54. The van der Waals surface area contributed by atoms with Gasteiger partial charge in [0.25, 0.3) is 0 Å². The van der Waals surface area contributed by atoms with Gasteiger partial charge in [-0.1, -0.05) is 0 Å². The second kappa shape index (κ2) is 4.19. The largest absolute Gasteiger partial charge is 0.481 e. The van der Waals surface area contributed by atoms with Crippen LogP contribution in [0.15, 0.2) is 0 Å². The molecule has 1 saturated carbocycles. The van der Waals surface area contributed by atoms with Crippen molar-refractivity contribution in [3.63, 3.8) is 0 Å². The van der Waals surface area contributed by atoms with E-state index >= 15 is 0 Å². The lowest BCUT2D eigenvalue weighted by Crippen LogP contribution is -2.46. The topological polar surface area (TPSA) is 46.5 Å². The minimum atomic E-state index is -2.69. The number of alkyl halides is 2. The minimum Gasteiger partial charge on any atom is -0.481 e. The summed E-state index contributed by atoms with van der Waals surface area (Å²) >= 11 is 0. The summed E-state index contributed by atoms with van der Waals surface area (Å²) in [5.74, 6) is -3.76. The third-order valence-electron chi connectivity index (χ3n) is 4.39. The summed E-state index contributed by atoms with van der Waals surface area (Å²) in [6.07, 6.45) is 0.0173. The zero-order valence-electron chi connectivity index (χ0n) is 9.92. The molecule has 2 fully saturated rings. The number of halogens is 2. The van der Waals surface area contributed by atoms with Crippen LogP contribution in [-0.2, 0) is 9.53 Å². The number of rotatable bonds is 2. The van der Waals surface area contributed by atoms with E-state index in [9.17, 15) is 18.7 Å². The first-order valence-corrected chi connectivity index (χ1v) is 6.10. The quantitative estimate of drug-likeness (QED) is 0.817. The number of carbonyl (C=O) groups is 1. The van der Waals surface area contributed by atoms with Gasteiger partial charge < -0.3 is 9.84 Å². The molecule has 0 amide bonds. The summed E-state index contributed by atoms with van der Waals surface area (Å²) < 4.78 is 31.7. The summed E-state index contributed by atoms with van der Waals surface area (Å²) in [7, 11) is 0. The first kappa shape index (κ1) is 12.7. The van der Waals surface area contributed by atoms with E-state index in [0.717, 1.165) is 0 Å². The van der Waals surface area contributed by atoms with Gasteiger partial charge in [0.1, 0.15) is 0 Å². The Morgan fingerprint density at radius 1 is 1.29 bits per heavy atom. The average Bonchev–Trinajstić information content (AvgIpc) is 2.65. The summed E-state index contributed by atoms with van der Waals surface area (Å²) in [5.41, 5.74) is -1.00. The molecule has 17 heavy (non-hydrogen) atoms. The maximum Gasteiger partial charge on any atom is 0.310 e. The van der Waals surface area contributed by atoms with E-state index in [1.807, 2.05) is 6.92 Å². The Labute approximate surface area is 99.1 Å². The van der Waals surface area contributed by atoms with Gasteiger partial charge in [0.2, 0.25) is 5.92 Å². The summed E-state index contributed by atoms with van der Waals surface area (Å²) in [4.78, 5) is 11.5. The highest BCUT2D eigenvalue weighted by Crippen LogP contribution is 2.51. The Bertz CT molecular complexity index is 307. The third-order valence-corrected chi connectivity index (χ3v) is 4.39. The van der Waals surface area contributed by atoms with E-state index in [-0.39, 0.29) is 37.7 Å². The van der Waals surface area contributed by atoms with Crippen molar-refractivity contribution in [2.24, 2.45) is 11.3 Å². The highest BCUT2D eigenvalue weighted by atomic mass is 19.3. The summed E-state index contributed by atoms with van der Waals surface area (Å²) in [6, 6.07) is 0. The second-order valence-electron chi connectivity index (χ2n) is 5.29. The minimum absolute atomic E-state index is 0.0632. The van der Waals surface area contributed by atoms with Gasteiger partial charge >= 0.3 is 5.97 Å². The lowest BCUT2D eigenvalue weighted by atomic mass is 9.63. The third kappa shape index (κ3) is 2.17. The predicted octanol–water partition coefficient (Wildman–Crippen LogP) is 2.69. The van der Waals surface area contributed by atoms with Crippen LogP contribution in [0.2, 0.25) is 0 Å². The molecule has 2 rings (SSSR count). The van der Waals surface area contributed by atoms with Gasteiger partial charge in [-0.15, -0.1) is 0 Å². The average molecular weight is 248 g/mol. The SMILES string of the molecule is CC1OCCC1C1(C(=O)O)CCC(F)(F)CC1. The van der Waals surface area contributed by atoms with Gasteiger partial charge in [0.05, 0.1) is 11.5 Å². The number of carboxylic acids is 1. The fourth-order valence-corrected chi connectivity index (χ4v) is 3.26. The van der Waals surface area contributed by atoms with Gasteiger partial charge in [0.15, 0.2) is 0 Å². The van der Waals surface area contributed by atoms with Crippen LogP contribution in [0.5, 0.6) is 0 Å². The van der Waals surface area contributed by atoms with Crippen LogP contribution in [-0.4, -0.2) is 29.7 Å². The Balaban J connectivity index is 2.20. The fourth-order valence-electron chi connectivity index (χ4n) is 3.26. The predicted molar refractivity (Wildman–Crippen MR) is 57.0 cm³/mol. The molecule has 0 bridgehead atoms. The lowest BCUT2D eigenvalue weighted by molar-refractivity contribution is -0.164. The van der Waals surface area contributed by atoms with E-state index in [4.69, 9.17) is 4.74 Å². The van der Waals surface area contributed by atoms with E-state index in [1.165, 1.54) is 0 Å². The monoisotopic (exact) mass is 248 g/mol. The van der Waals surface area contributed by atoms with E-state index in [0.29, 0.717) is 13.0 Å². The first-order valence-electron chi connectivity index (χ1n) is 6.10. The van der Waals surface area contributed by atoms with Crippen molar-refractivity contribution in [2.45, 2.75) is 51.1 Å². The van der Waals surface area contributed by atoms with Crippen molar-refractivity contribution in [1.29, 1.82) is 0 Å². The van der Waals surface area contributed by atoms with E-state index in [2.05, 4.69) is 0 Å². The van der Waals surface area contributed by atoms with Crippen LogP contribution in [0.1, 0.15) is 39.0 Å². The molecule has 1 N–H and O–H groups in total. The molecule has 2 unspecified atom stereocenters. The first-order chi connectivity index (χ1) is 7.87. The van der Waals surface area contributed by atoms with Crippen molar-refractivity contribution in [2.75, 3.05) is 6.61 Å². The Hall–Kier alpha value is -0.710. The zero-order valence-corrected chi connectivity index (χ0v) is 9.92. The fraction of sp³-hybridized carbons (Fsp3) is 0.917. The van der Waals surface area contributed by atoms with Crippen molar-refractivity contribution >= 4 is 5.97 Å². The van der Waals surface area contributed by atoms with Gasteiger partial charge in [-0.05, 0) is 26.2 Å². The van der Waals surface area contributed by atoms with E-state index in [1.54, 1.807) is 0 Å². The van der Waals surface area contributed by atoms with Crippen LogP contribution < -0.4 is 0 Å². The van der Waals surface area contributed by atoms with Crippen molar-refractivity contribution < 1.29 is 23.4 Å². The van der Waals surface area contributed by atoms with Crippen LogP contribution >= 0.6 is 0 Å².